The Labute approximate surface area is 107 Å². The standard InChI is InChI=1S/C11H11BrClNO2/c1-2-8(7-13)5-9-3-4-10(12)11(6-9)14(15)16/h3-6H,2,7H2,1H3. The summed E-state index contributed by atoms with van der Waals surface area (Å²) in [7, 11) is 0. The molecule has 0 N–H and O–H groups in total. The Bertz CT molecular complexity index is 426. The second-order valence-electron chi connectivity index (χ2n) is 3.26. The first-order valence-corrected chi connectivity index (χ1v) is 6.10. The molecule has 16 heavy (non-hydrogen) atoms. The Morgan fingerprint density at radius 3 is 2.81 bits per heavy atom. The van der Waals surface area contributed by atoms with Crippen LogP contribution in [0, 0.1) is 10.1 Å². The van der Waals surface area contributed by atoms with Crippen molar-refractivity contribution in [1.29, 1.82) is 0 Å². The van der Waals surface area contributed by atoms with Crippen LogP contribution in [-0.2, 0) is 0 Å². The molecule has 0 unspecified atom stereocenters. The van der Waals surface area contributed by atoms with Gasteiger partial charge in [0.25, 0.3) is 5.69 Å². The highest BCUT2D eigenvalue weighted by Gasteiger charge is 2.11. The van der Waals surface area contributed by atoms with E-state index in [-0.39, 0.29) is 5.69 Å². The van der Waals surface area contributed by atoms with Gasteiger partial charge >= 0.3 is 0 Å². The molecule has 0 amide bonds. The molecular formula is C11H11BrClNO2. The van der Waals surface area contributed by atoms with Crippen LogP contribution >= 0.6 is 27.5 Å². The van der Waals surface area contributed by atoms with Crippen LogP contribution in [0.15, 0.2) is 28.2 Å². The lowest BCUT2D eigenvalue weighted by molar-refractivity contribution is -0.385. The van der Waals surface area contributed by atoms with Crippen LogP contribution in [0.3, 0.4) is 0 Å². The summed E-state index contributed by atoms with van der Waals surface area (Å²) in [5, 5.41) is 10.7. The zero-order valence-corrected chi connectivity index (χ0v) is 11.1. The first kappa shape index (κ1) is 13.2. The van der Waals surface area contributed by atoms with Gasteiger partial charge in [0.15, 0.2) is 0 Å². The first-order chi connectivity index (χ1) is 7.58. The van der Waals surface area contributed by atoms with Gasteiger partial charge in [0, 0.05) is 11.9 Å². The van der Waals surface area contributed by atoms with Gasteiger partial charge in [-0.15, -0.1) is 11.6 Å². The minimum absolute atomic E-state index is 0.0683. The van der Waals surface area contributed by atoms with Crippen molar-refractivity contribution in [3.63, 3.8) is 0 Å². The Morgan fingerprint density at radius 2 is 2.31 bits per heavy atom. The van der Waals surface area contributed by atoms with Crippen molar-refractivity contribution in [2.75, 3.05) is 5.88 Å². The molecule has 0 aromatic heterocycles. The van der Waals surface area contributed by atoms with Crippen molar-refractivity contribution in [2.45, 2.75) is 13.3 Å². The normalized spacial score (nSPS) is 11.6. The fraction of sp³-hybridized carbons (Fsp3) is 0.273. The number of hydrogen-bond acceptors (Lipinski definition) is 2. The zero-order valence-electron chi connectivity index (χ0n) is 8.74. The highest BCUT2D eigenvalue weighted by atomic mass is 79.9. The molecule has 0 atom stereocenters. The van der Waals surface area contributed by atoms with Crippen molar-refractivity contribution in [1.82, 2.24) is 0 Å². The third-order valence-electron chi connectivity index (χ3n) is 2.16. The summed E-state index contributed by atoms with van der Waals surface area (Å²) >= 11 is 8.88. The quantitative estimate of drug-likeness (QED) is 0.470. The lowest BCUT2D eigenvalue weighted by Gasteiger charge is -2.01. The van der Waals surface area contributed by atoms with Crippen LogP contribution < -0.4 is 0 Å². The summed E-state index contributed by atoms with van der Waals surface area (Å²) in [5.74, 6) is 0.445. The highest BCUT2D eigenvalue weighted by molar-refractivity contribution is 9.10. The number of nitrogens with zero attached hydrogens (tertiary/aromatic N) is 1. The van der Waals surface area contributed by atoms with Crippen molar-refractivity contribution in [3.05, 3.63) is 43.9 Å². The first-order valence-electron chi connectivity index (χ1n) is 4.77. The molecule has 0 spiro atoms. The minimum Gasteiger partial charge on any atom is -0.258 e. The molecule has 86 valence electrons. The van der Waals surface area contributed by atoms with E-state index in [0.29, 0.717) is 10.4 Å². The third-order valence-corrected chi connectivity index (χ3v) is 3.18. The summed E-state index contributed by atoms with van der Waals surface area (Å²) in [5.41, 5.74) is 1.92. The van der Waals surface area contributed by atoms with Crippen molar-refractivity contribution >= 4 is 39.3 Å². The van der Waals surface area contributed by atoms with Gasteiger partial charge in [0.2, 0.25) is 0 Å². The van der Waals surface area contributed by atoms with Gasteiger partial charge in [0.05, 0.1) is 9.40 Å². The summed E-state index contributed by atoms with van der Waals surface area (Å²) in [6, 6.07) is 5.02. The number of halogens is 2. The van der Waals surface area contributed by atoms with Gasteiger partial charge < -0.3 is 0 Å². The number of benzene rings is 1. The monoisotopic (exact) mass is 303 g/mol. The Morgan fingerprint density at radius 1 is 1.62 bits per heavy atom. The average Bonchev–Trinajstić information content (AvgIpc) is 2.27. The lowest BCUT2D eigenvalue weighted by atomic mass is 10.1. The second kappa shape index (κ2) is 6.01. The summed E-state index contributed by atoms with van der Waals surface area (Å²) in [6.45, 7) is 2.00. The third kappa shape index (κ3) is 3.32. The molecule has 1 aromatic carbocycles. The number of nitro groups is 1. The molecule has 5 heteroatoms. The molecule has 0 radical (unpaired) electrons. The number of nitro benzene ring substituents is 1. The summed E-state index contributed by atoms with van der Waals surface area (Å²) < 4.78 is 0.485. The predicted molar refractivity (Wildman–Crippen MR) is 69.8 cm³/mol. The minimum atomic E-state index is -0.409. The van der Waals surface area contributed by atoms with Gasteiger partial charge in [0.1, 0.15) is 0 Å². The van der Waals surface area contributed by atoms with E-state index in [2.05, 4.69) is 15.9 Å². The molecule has 3 nitrogen and oxygen atoms in total. The van der Waals surface area contributed by atoms with Crippen LogP contribution in [0.2, 0.25) is 0 Å². The van der Waals surface area contributed by atoms with Gasteiger partial charge in [-0.25, -0.2) is 0 Å². The SMILES string of the molecule is CCC(=Cc1ccc(Br)c([N+](=O)[O-])c1)CCl. The average molecular weight is 305 g/mol. The Kier molecular flexibility index (Phi) is 4.96. The Hall–Kier alpha value is -0.870. The van der Waals surface area contributed by atoms with Gasteiger partial charge in [-0.1, -0.05) is 24.6 Å². The Balaban J connectivity index is 3.12. The maximum absolute atomic E-state index is 10.7. The maximum Gasteiger partial charge on any atom is 0.284 e. The van der Waals surface area contributed by atoms with Gasteiger partial charge in [-0.2, -0.15) is 0 Å². The smallest absolute Gasteiger partial charge is 0.258 e. The molecule has 0 aliphatic carbocycles. The largest absolute Gasteiger partial charge is 0.284 e. The molecule has 0 bridgehead atoms. The summed E-state index contributed by atoms with van der Waals surface area (Å²) in [4.78, 5) is 10.3. The topological polar surface area (TPSA) is 43.1 Å². The number of hydrogen-bond donors (Lipinski definition) is 0. The van der Waals surface area contributed by atoms with E-state index in [1.54, 1.807) is 6.07 Å². The van der Waals surface area contributed by atoms with Crippen LogP contribution in [0.25, 0.3) is 6.08 Å². The van der Waals surface area contributed by atoms with Crippen molar-refractivity contribution < 1.29 is 4.92 Å². The fourth-order valence-corrected chi connectivity index (χ4v) is 1.89. The van der Waals surface area contributed by atoms with Gasteiger partial charge in [-0.3, -0.25) is 10.1 Å². The van der Waals surface area contributed by atoms with E-state index in [4.69, 9.17) is 11.6 Å². The highest BCUT2D eigenvalue weighted by Crippen LogP contribution is 2.26. The van der Waals surface area contributed by atoms with E-state index in [1.165, 1.54) is 6.07 Å². The molecule has 0 saturated heterocycles. The lowest BCUT2D eigenvalue weighted by Crippen LogP contribution is -1.90. The van der Waals surface area contributed by atoms with Crippen LogP contribution in [0.5, 0.6) is 0 Å². The molecule has 1 aromatic rings. The molecule has 0 fully saturated rings. The zero-order chi connectivity index (χ0) is 12.1. The van der Waals surface area contributed by atoms with E-state index in [9.17, 15) is 10.1 Å². The van der Waals surface area contributed by atoms with E-state index >= 15 is 0 Å². The van der Waals surface area contributed by atoms with Crippen LogP contribution in [0.4, 0.5) is 5.69 Å². The molecular weight excluding hydrogens is 293 g/mol. The number of rotatable bonds is 4. The van der Waals surface area contributed by atoms with E-state index in [0.717, 1.165) is 17.6 Å². The maximum atomic E-state index is 10.7. The second-order valence-corrected chi connectivity index (χ2v) is 4.38. The van der Waals surface area contributed by atoms with E-state index in [1.807, 2.05) is 19.1 Å². The molecule has 0 saturated carbocycles. The summed E-state index contributed by atoms with van der Waals surface area (Å²) in [6.07, 6.45) is 2.72. The number of alkyl halides is 1. The molecule has 1 rings (SSSR count). The van der Waals surface area contributed by atoms with E-state index < -0.39 is 4.92 Å². The van der Waals surface area contributed by atoms with Crippen LogP contribution in [-0.4, -0.2) is 10.8 Å². The molecule has 0 aliphatic heterocycles. The number of allylic oxidation sites excluding steroid dienone is 1. The van der Waals surface area contributed by atoms with Crippen molar-refractivity contribution in [3.8, 4) is 0 Å². The predicted octanol–water partition coefficient (Wildman–Crippen LogP) is 4.39. The van der Waals surface area contributed by atoms with Crippen molar-refractivity contribution in [2.24, 2.45) is 0 Å². The molecule has 0 aliphatic rings. The van der Waals surface area contributed by atoms with Gasteiger partial charge in [-0.05, 0) is 34.0 Å². The van der Waals surface area contributed by atoms with Crippen LogP contribution in [0.1, 0.15) is 18.9 Å². The molecule has 0 heterocycles. The fourth-order valence-electron chi connectivity index (χ4n) is 1.23.